The van der Waals surface area contributed by atoms with Crippen molar-refractivity contribution in [3.63, 3.8) is 0 Å². The van der Waals surface area contributed by atoms with E-state index in [0.717, 1.165) is 16.6 Å². The number of piperidine rings is 1. The lowest BCUT2D eigenvalue weighted by Gasteiger charge is -2.37. The highest BCUT2D eigenvalue weighted by Gasteiger charge is 2.40. The van der Waals surface area contributed by atoms with Crippen molar-refractivity contribution < 1.29 is 27.1 Å². The van der Waals surface area contributed by atoms with Gasteiger partial charge in [-0.3, -0.25) is 9.10 Å². The van der Waals surface area contributed by atoms with Crippen LogP contribution in [0.4, 0.5) is 10.1 Å². The van der Waals surface area contributed by atoms with E-state index in [1.165, 1.54) is 18.2 Å². The zero-order valence-corrected chi connectivity index (χ0v) is 15.5. The Bertz CT molecular complexity index is 754. The molecule has 26 heavy (non-hydrogen) atoms. The average molecular weight is 386 g/mol. The first-order chi connectivity index (χ1) is 12.3. The molecule has 0 radical (unpaired) electrons. The number of anilines is 1. The Morgan fingerprint density at radius 1 is 1.27 bits per heavy atom. The van der Waals surface area contributed by atoms with Crippen molar-refractivity contribution in [2.24, 2.45) is 0 Å². The molecule has 2 aliphatic rings. The maximum absolute atomic E-state index is 13.4. The molecule has 2 saturated heterocycles. The summed E-state index contributed by atoms with van der Waals surface area (Å²) in [5.41, 5.74) is 0.214. The van der Waals surface area contributed by atoms with Crippen LogP contribution >= 0.6 is 0 Å². The lowest BCUT2D eigenvalue weighted by Crippen LogP contribution is -2.48. The fourth-order valence-corrected chi connectivity index (χ4v) is 4.27. The molecule has 1 aromatic rings. The number of sulfonamides is 1. The molecule has 1 amide bonds. The summed E-state index contributed by atoms with van der Waals surface area (Å²) in [4.78, 5) is 14.2. The summed E-state index contributed by atoms with van der Waals surface area (Å²) in [6, 6.07) is 5.33. The molecular weight excluding hydrogens is 363 g/mol. The van der Waals surface area contributed by atoms with E-state index in [0.29, 0.717) is 39.1 Å². The molecule has 2 aliphatic heterocycles. The third-order valence-corrected chi connectivity index (χ3v) is 5.91. The Balaban J connectivity index is 1.60. The van der Waals surface area contributed by atoms with E-state index < -0.39 is 21.6 Å². The first-order valence-corrected chi connectivity index (χ1v) is 10.4. The zero-order chi connectivity index (χ0) is 18.8. The highest BCUT2D eigenvalue weighted by Crippen LogP contribution is 2.31. The summed E-state index contributed by atoms with van der Waals surface area (Å²) in [5.74, 6) is -1.22. The monoisotopic (exact) mass is 386 g/mol. The van der Waals surface area contributed by atoms with Gasteiger partial charge in [-0.15, -0.1) is 0 Å². The minimum atomic E-state index is -3.62. The van der Waals surface area contributed by atoms with Crippen LogP contribution in [-0.2, 0) is 24.3 Å². The molecule has 0 N–H and O–H groups in total. The van der Waals surface area contributed by atoms with Gasteiger partial charge in [0.15, 0.2) is 5.79 Å². The van der Waals surface area contributed by atoms with Gasteiger partial charge in [0.2, 0.25) is 15.9 Å². The van der Waals surface area contributed by atoms with Crippen molar-refractivity contribution in [3.8, 4) is 0 Å². The summed E-state index contributed by atoms with van der Waals surface area (Å²) >= 11 is 0. The molecule has 0 bridgehead atoms. The number of carbonyl (C=O) groups excluding carboxylic acids is 1. The number of ether oxygens (including phenoxy) is 2. The van der Waals surface area contributed by atoms with Crippen LogP contribution in [-0.4, -0.2) is 64.1 Å². The van der Waals surface area contributed by atoms with Gasteiger partial charge in [0, 0.05) is 38.9 Å². The lowest BCUT2D eigenvalue weighted by atomic mass is 10.0. The summed E-state index contributed by atoms with van der Waals surface area (Å²) in [6.07, 6.45) is 2.29. The molecule has 0 unspecified atom stereocenters. The molecule has 7 nitrogen and oxygen atoms in total. The minimum Gasteiger partial charge on any atom is -0.347 e. The minimum absolute atomic E-state index is 0.0261. The molecule has 2 heterocycles. The van der Waals surface area contributed by atoms with Crippen molar-refractivity contribution in [1.82, 2.24) is 4.90 Å². The van der Waals surface area contributed by atoms with Crippen LogP contribution in [0.3, 0.4) is 0 Å². The number of hydrogen-bond acceptors (Lipinski definition) is 5. The van der Waals surface area contributed by atoms with Crippen LogP contribution in [0.5, 0.6) is 0 Å². The topological polar surface area (TPSA) is 76.2 Å². The second-order valence-corrected chi connectivity index (χ2v) is 8.46. The van der Waals surface area contributed by atoms with Crippen molar-refractivity contribution in [1.29, 1.82) is 0 Å². The molecule has 2 fully saturated rings. The molecular formula is C17H23FN2O5S. The number of hydrogen-bond donors (Lipinski definition) is 0. The molecule has 0 aromatic heterocycles. The number of benzene rings is 1. The standard InChI is InChI=1S/C17H23FN2O5S/c1-26(22,23)20(15-4-2-3-14(18)13-15)8-5-16(21)19-9-6-17(7-10-19)24-11-12-25-17/h2-4,13H,5-12H2,1H3. The number of carbonyl (C=O) groups is 1. The highest BCUT2D eigenvalue weighted by atomic mass is 32.2. The maximum atomic E-state index is 13.4. The molecule has 1 spiro atoms. The maximum Gasteiger partial charge on any atom is 0.232 e. The number of amides is 1. The summed E-state index contributed by atoms with van der Waals surface area (Å²) in [5, 5.41) is 0. The second kappa shape index (κ2) is 7.50. The van der Waals surface area contributed by atoms with Gasteiger partial charge in [-0.2, -0.15) is 0 Å². The Labute approximate surface area is 152 Å². The van der Waals surface area contributed by atoms with Crippen LogP contribution in [0.1, 0.15) is 19.3 Å². The van der Waals surface area contributed by atoms with Gasteiger partial charge in [0.05, 0.1) is 25.2 Å². The lowest BCUT2D eigenvalue weighted by molar-refractivity contribution is -0.187. The number of rotatable bonds is 5. The third kappa shape index (κ3) is 4.33. The number of halogens is 1. The van der Waals surface area contributed by atoms with E-state index >= 15 is 0 Å². The van der Waals surface area contributed by atoms with Gasteiger partial charge in [-0.05, 0) is 18.2 Å². The molecule has 3 rings (SSSR count). The summed E-state index contributed by atoms with van der Waals surface area (Å²) in [6.45, 7) is 2.14. The van der Waals surface area contributed by atoms with E-state index in [1.807, 2.05) is 0 Å². The van der Waals surface area contributed by atoms with Crippen molar-refractivity contribution in [3.05, 3.63) is 30.1 Å². The van der Waals surface area contributed by atoms with Gasteiger partial charge in [-0.1, -0.05) is 6.07 Å². The summed E-state index contributed by atoms with van der Waals surface area (Å²) < 4.78 is 49.9. The summed E-state index contributed by atoms with van der Waals surface area (Å²) in [7, 11) is -3.62. The van der Waals surface area contributed by atoms with E-state index in [-0.39, 0.29) is 24.6 Å². The molecule has 0 atom stereocenters. The fraction of sp³-hybridized carbons (Fsp3) is 0.588. The van der Waals surface area contributed by atoms with Crippen LogP contribution in [0, 0.1) is 5.82 Å². The number of nitrogens with zero attached hydrogens (tertiary/aromatic N) is 2. The fourth-order valence-electron chi connectivity index (χ4n) is 3.36. The Morgan fingerprint density at radius 2 is 1.92 bits per heavy atom. The molecule has 1 aromatic carbocycles. The van der Waals surface area contributed by atoms with E-state index in [4.69, 9.17) is 9.47 Å². The normalized spacial score (nSPS) is 19.7. The van der Waals surface area contributed by atoms with Crippen molar-refractivity contribution in [2.75, 3.05) is 43.4 Å². The van der Waals surface area contributed by atoms with Crippen LogP contribution < -0.4 is 4.31 Å². The van der Waals surface area contributed by atoms with Crippen molar-refractivity contribution in [2.45, 2.75) is 25.0 Å². The van der Waals surface area contributed by atoms with Crippen LogP contribution in [0.2, 0.25) is 0 Å². The molecule has 0 aliphatic carbocycles. The number of likely N-dealkylation sites (tertiary alicyclic amines) is 1. The highest BCUT2D eigenvalue weighted by molar-refractivity contribution is 7.92. The van der Waals surface area contributed by atoms with Gasteiger partial charge < -0.3 is 14.4 Å². The van der Waals surface area contributed by atoms with Crippen LogP contribution in [0.15, 0.2) is 24.3 Å². The smallest absolute Gasteiger partial charge is 0.232 e. The van der Waals surface area contributed by atoms with Gasteiger partial charge in [-0.25, -0.2) is 12.8 Å². The predicted octanol–water partition coefficient (Wildman–Crippen LogP) is 1.35. The first kappa shape index (κ1) is 19.1. The van der Waals surface area contributed by atoms with Gasteiger partial charge in [0.25, 0.3) is 0 Å². The Hall–Kier alpha value is -1.71. The SMILES string of the molecule is CS(=O)(=O)N(CCC(=O)N1CCC2(CC1)OCCO2)c1cccc(F)c1. The Morgan fingerprint density at radius 3 is 2.50 bits per heavy atom. The predicted molar refractivity (Wildman–Crippen MR) is 93.7 cm³/mol. The molecule has 144 valence electrons. The van der Waals surface area contributed by atoms with Crippen molar-refractivity contribution >= 4 is 21.6 Å². The Kier molecular flexibility index (Phi) is 5.50. The van der Waals surface area contributed by atoms with E-state index in [9.17, 15) is 17.6 Å². The van der Waals surface area contributed by atoms with Gasteiger partial charge >= 0.3 is 0 Å². The molecule has 0 saturated carbocycles. The average Bonchev–Trinajstić information content (AvgIpc) is 3.02. The van der Waals surface area contributed by atoms with Gasteiger partial charge in [0.1, 0.15) is 5.82 Å². The second-order valence-electron chi connectivity index (χ2n) is 6.55. The van der Waals surface area contributed by atoms with E-state index in [2.05, 4.69) is 0 Å². The van der Waals surface area contributed by atoms with E-state index in [1.54, 1.807) is 4.90 Å². The third-order valence-electron chi connectivity index (χ3n) is 4.72. The first-order valence-electron chi connectivity index (χ1n) is 8.58. The molecule has 9 heteroatoms. The zero-order valence-electron chi connectivity index (χ0n) is 14.7. The van der Waals surface area contributed by atoms with Crippen LogP contribution in [0.25, 0.3) is 0 Å². The largest absolute Gasteiger partial charge is 0.347 e. The quantitative estimate of drug-likeness (QED) is 0.764.